The average molecular weight is 201 g/mol. The van der Waals surface area contributed by atoms with Crippen molar-refractivity contribution in [2.24, 2.45) is 5.92 Å². The topological polar surface area (TPSA) is 40.5 Å². The molecule has 1 heterocycles. The number of carbonyl (C=O) groups is 1. The Hall–Kier alpha value is -0.570. The monoisotopic (exact) mass is 201 g/mol. The van der Waals surface area contributed by atoms with Gasteiger partial charge in [-0.3, -0.25) is 4.79 Å². The van der Waals surface area contributed by atoms with Gasteiger partial charge in [0.1, 0.15) is 0 Å². The molecule has 1 aliphatic rings. The van der Waals surface area contributed by atoms with Gasteiger partial charge in [0.2, 0.25) is 0 Å². The molecule has 0 bridgehead atoms. The molecule has 1 fully saturated rings. The number of rotatable bonds is 3. The molecular formula is C11H23NO2. The summed E-state index contributed by atoms with van der Waals surface area (Å²) >= 11 is 0. The van der Waals surface area contributed by atoms with Crippen molar-refractivity contribution >= 4 is 5.97 Å². The van der Waals surface area contributed by atoms with E-state index in [-0.39, 0.29) is 0 Å². The van der Waals surface area contributed by atoms with Crippen LogP contribution in [0, 0.1) is 5.92 Å². The molecule has 3 nitrogen and oxygen atoms in total. The third-order valence-electron chi connectivity index (χ3n) is 2.22. The zero-order valence-electron chi connectivity index (χ0n) is 9.62. The molecule has 0 aromatic heterocycles. The van der Waals surface area contributed by atoms with E-state index in [1.54, 1.807) is 0 Å². The van der Waals surface area contributed by atoms with Crippen molar-refractivity contribution < 1.29 is 9.90 Å². The third kappa shape index (κ3) is 9.52. The summed E-state index contributed by atoms with van der Waals surface area (Å²) in [5.74, 6) is 0.0422. The van der Waals surface area contributed by atoms with Crippen LogP contribution in [0.2, 0.25) is 0 Å². The molecular weight excluding hydrogens is 178 g/mol. The SMILES string of the molecule is CC(=O)O.CC(C)CCN1CCCC1. The van der Waals surface area contributed by atoms with Gasteiger partial charge in [-0.15, -0.1) is 0 Å². The highest BCUT2D eigenvalue weighted by molar-refractivity contribution is 5.62. The van der Waals surface area contributed by atoms with Gasteiger partial charge < -0.3 is 10.0 Å². The Kier molecular flexibility index (Phi) is 7.48. The lowest BCUT2D eigenvalue weighted by molar-refractivity contribution is -0.134. The molecule has 0 atom stereocenters. The molecule has 0 aromatic rings. The molecule has 0 amide bonds. The van der Waals surface area contributed by atoms with Gasteiger partial charge in [-0.25, -0.2) is 0 Å². The molecule has 0 spiro atoms. The molecule has 14 heavy (non-hydrogen) atoms. The molecule has 0 saturated carbocycles. The summed E-state index contributed by atoms with van der Waals surface area (Å²) in [5, 5.41) is 7.42. The summed E-state index contributed by atoms with van der Waals surface area (Å²) in [4.78, 5) is 11.6. The van der Waals surface area contributed by atoms with E-state index in [0.29, 0.717) is 0 Å². The number of nitrogens with zero attached hydrogens (tertiary/aromatic N) is 1. The van der Waals surface area contributed by atoms with Crippen LogP contribution in [-0.4, -0.2) is 35.6 Å². The van der Waals surface area contributed by atoms with Crippen LogP contribution in [0.25, 0.3) is 0 Å². The fourth-order valence-electron chi connectivity index (χ4n) is 1.45. The Morgan fingerprint density at radius 1 is 1.36 bits per heavy atom. The second kappa shape index (κ2) is 7.80. The molecule has 1 rings (SSSR count). The van der Waals surface area contributed by atoms with Gasteiger partial charge in [0.05, 0.1) is 0 Å². The van der Waals surface area contributed by atoms with Crippen LogP contribution < -0.4 is 0 Å². The Labute approximate surface area is 87.1 Å². The van der Waals surface area contributed by atoms with Crippen LogP contribution in [0.5, 0.6) is 0 Å². The first-order valence-corrected chi connectivity index (χ1v) is 5.44. The lowest BCUT2D eigenvalue weighted by atomic mass is 10.1. The highest BCUT2D eigenvalue weighted by atomic mass is 16.4. The van der Waals surface area contributed by atoms with Crippen molar-refractivity contribution in [2.75, 3.05) is 19.6 Å². The maximum absolute atomic E-state index is 9.00. The standard InChI is InChI=1S/C9H19N.C2H4O2/c1-9(2)5-8-10-6-3-4-7-10;1-2(3)4/h9H,3-8H2,1-2H3;1H3,(H,3,4). The Bertz CT molecular complexity index is 147. The van der Waals surface area contributed by atoms with E-state index in [4.69, 9.17) is 9.90 Å². The molecule has 1 saturated heterocycles. The van der Waals surface area contributed by atoms with Gasteiger partial charge >= 0.3 is 0 Å². The zero-order chi connectivity index (χ0) is 11.0. The van der Waals surface area contributed by atoms with Crippen molar-refractivity contribution in [2.45, 2.75) is 40.0 Å². The number of carboxylic acid groups (broad SMARTS) is 1. The highest BCUT2D eigenvalue weighted by Crippen LogP contribution is 2.09. The van der Waals surface area contributed by atoms with Crippen molar-refractivity contribution in [1.29, 1.82) is 0 Å². The van der Waals surface area contributed by atoms with Crippen LogP contribution in [0.15, 0.2) is 0 Å². The predicted octanol–water partition coefficient (Wildman–Crippen LogP) is 2.22. The summed E-state index contributed by atoms with van der Waals surface area (Å²) in [6.45, 7) is 9.73. The molecule has 84 valence electrons. The number of carboxylic acids is 1. The Morgan fingerprint density at radius 2 is 1.79 bits per heavy atom. The molecule has 1 N–H and O–H groups in total. The van der Waals surface area contributed by atoms with Crippen LogP contribution in [0.1, 0.15) is 40.0 Å². The normalized spacial score (nSPS) is 16.6. The summed E-state index contributed by atoms with van der Waals surface area (Å²) in [5.41, 5.74) is 0. The number of hydrogen-bond acceptors (Lipinski definition) is 2. The van der Waals surface area contributed by atoms with Crippen molar-refractivity contribution in [3.8, 4) is 0 Å². The molecule has 0 radical (unpaired) electrons. The maximum Gasteiger partial charge on any atom is 0.300 e. The number of likely N-dealkylation sites (tertiary alicyclic amines) is 1. The largest absolute Gasteiger partial charge is 0.481 e. The van der Waals surface area contributed by atoms with E-state index in [2.05, 4.69) is 18.7 Å². The first-order valence-electron chi connectivity index (χ1n) is 5.44. The van der Waals surface area contributed by atoms with Crippen molar-refractivity contribution in [3.63, 3.8) is 0 Å². The van der Waals surface area contributed by atoms with E-state index >= 15 is 0 Å². The second-order valence-corrected chi connectivity index (χ2v) is 4.25. The first kappa shape index (κ1) is 13.4. The Morgan fingerprint density at radius 3 is 2.14 bits per heavy atom. The van der Waals surface area contributed by atoms with Gasteiger partial charge in [-0.05, 0) is 44.8 Å². The van der Waals surface area contributed by atoms with Crippen molar-refractivity contribution in [3.05, 3.63) is 0 Å². The minimum Gasteiger partial charge on any atom is -0.481 e. The van der Waals surface area contributed by atoms with Crippen LogP contribution in [0.3, 0.4) is 0 Å². The van der Waals surface area contributed by atoms with Gasteiger partial charge in [0, 0.05) is 6.92 Å². The van der Waals surface area contributed by atoms with Crippen LogP contribution in [0.4, 0.5) is 0 Å². The Balaban J connectivity index is 0.000000364. The van der Waals surface area contributed by atoms with Gasteiger partial charge in [-0.2, -0.15) is 0 Å². The molecule has 0 unspecified atom stereocenters. The molecule has 0 aromatic carbocycles. The van der Waals surface area contributed by atoms with Crippen LogP contribution in [-0.2, 0) is 4.79 Å². The van der Waals surface area contributed by atoms with E-state index < -0.39 is 5.97 Å². The number of aliphatic carboxylic acids is 1. The lowest BCUT2D eigenvalue weighted by Gasteiger charge is -2.15. The van der Waals surface area contributed by atoms with E-state index in [1.165, 1.54) is 38.9 Å². The molecule has 0 aliphatic carbocycles. The average Bonchev–Trinajstić information content (AvgIpc) is 2.51. The predicted molar refractivity (Wildman–Crippen MR) is 58.4 cm³/mol. The van der Waals surface area contributed by atoms with Crippen molar-refractivity contribution in [1.82, 2.24) is 4.90 Å². The molecule has 3 heteroatoms. The highest BCUT2D eigenvalue weighted by Gasteiger charge is 2.10. The fourth-order valence-corrected chi connectivity index (χ4v) is 1.45. The fraction of sp³-hybridized carbons (Fsp3) is 0.909. The van der Waals surface area contributed by atoms with E-state index in [1.807, 2.05) is 0 Å². The smallest absolute Gasteiger partial charge is 0.300 e. The van der Waals surface area contributed by atoms with Gasteiger partial charge in [0.25, 0.3) is 5.97 Å². The quantitative estimate of drug-likeness (QED) is 0.761. The summed E-state index contributed by atoms with van der Waals surface area (Å²) in [6.07, 6.45) is 4.23. The maximum atomic E-state index is 9.00. The third-order valence-corrected chi connectivity index (χ3v) is 2.22. The zero-order valence-corrected chi connectivity index (χ0v) is 9.62. The van der Waals surface area contributed by atoms with Gasteiger partial charge in [0.15, 0.2) is 0 Å². The lowest BCUT2D eigenvalue weighted by Crippen LogP contribution is -2.21. The van der Waals surface area contributed by atoms with Crippen LogP contribution >= 0.6 is 0 Å². The minimum atomic E-state index is -0.833. The summed E-state index contributed by atoms with van der Waals surface area (Å²) in [7, 11) is 0. The van der Waals surface area contributed by atoms with E-state index in [0.717, 1.165) is 12.8 Å². The number of hydrogen-bond donors (Lipinski definition) is 1. The second-order valence-electron chi connectivity index (χ2n) is 4.25. The first-order chi connectivity index (χ1) is 6.52. The minimum absolute atomic E-state index is 0.833. The summed E-state index contributed by atoms with van der Waals surface area (Å²) < 4.78 is 0. The van der Waals surface area contributed by atoms with Gasteiger partial charge in [-0.1, -0.05) is 13.8 Å². The van der Waals surface area contributed by atoms with E-state index in [9.17, 15) is 0 Å². The summed E-state index contributed by atoms with van der Waals surface area (Å²) in [6, 6.07) is 0. The molecule has 1 aliphatic heterocycles.